The van der Waals surface area contributed by atoms with Gasteiger partial charge in [0.15, 0.2) is 0 Å². The van der Waals surface area contributed by atoms with Gasteiger partial charge in [-0.15, -0.1) is 0 Å². The minimum Gasteiger partial charge on any atom is -0.264 e. The summed E-state index contributed by atoms with van der Waals surface area (Å²) < 4.78 is 26.6. The summed E-state index contributed by atoms with van der Waals surface area (Å²) in [6.07, 6.45) is 3.96. The maximum atomic E-state index is 12.0. The molecule has 2 aromatic rings. The van der Waals surface area contributed by atoms with Gasteiger partial charge in [-0.3, -0.25) is 4.98 Å². The molecule has 108 valence electrons. The number of nitriles is 1. The Morgan fingerprint density at radius 1 is 1.19 bits per heavy atom. The summed E-state index contributed by atoms with van der Waals surface area (Å²) in [5.74, 6) is -0.191. The van der Waals surface area contributed by atoms with Gasteiger partial charge in [-0.1, -0.05) is 24.3 Å². The Labute approximate surface area is 124 Å². The van der Waals surface area contributed by atoms with Crippen molar-refractivity contribution in [2.75, 3.05) is 6.54 Å². The molecular formula is C15H15N3O2S. The van der Waals surface area contributed by atoms with Crippen molar-refractivity contribution in [1.82, 2.24) is 9.71 Å². The Morgan fingerprint density at radius 3 is 2.71 bits per heavy atom. The number of benzene rings is 1. The summed E-state index contributed by atoms with van der Waals surface area (Å²) in [4.78, 5) is 3.98. The van der Waals surface area contributed by atoms with E-state index in [1.54, 1.807) is 36.7 Å². The Kier molecular flexibility index (Phi) is 5.04. The third kappa shape index (κ3) is 4.67. The minimum absolute atomic E-state index is 0.191. The summed E-state index contributed by atoms with van der Waals surface area (Å²) in [5.41, 5.74) is 1.86. The van der Waals surface area contributed by atoms with E-state index in [1.165, 1.54) is 0 Å². The molecular weight excluding hydrogens is 286 g/mol. The molecule has 0 amide bonds. The van der Waals surface area contributed by atoms with E-state index in [0.717, 1.165) is 5.56 Å². The summed E-state index contributed by atoms with van der Waals surface area (Å²) >= 11 is 0. The zero-order chi connectivity index (χ0) is 15.1. The highest BCUT2D eigenvalue weighted by atomic mass is 32.2. The SMILES string of the molecule is N#Cc1ccccc1CS(=O)(=O)NCCc1cccnc1. The van der Waals surface area contributed by atoms with Gasteiger partial charge in [0, 0.05) is 18.9 Å². The topological polar surface area (TPSA) is 82.8 Å². The summed E-state index contributed by atoms with van der Waals surface area (Å²) in [7, 11) is -3.46. The normalized spacial score (nSPS) is 11.0. The molecule has 1 aromatic carbocycles. The number of aromatic nitrogens is 1. The fraction of sp³-hybridized carbons (Fsp3) is 0.200. The maximum Gasteiger partial charge on any atom is 0.215 e. The van der Waals surface area contributed by atoms with E-state index >= 15 is 0 Å². The van der Waals surface area contributed by atoms with Gasteiger partial charge in [-0.25, -0.2) is 13.1 Å². The fourth-order valence-electron chi connectivity index (χ4n) is 1.91. The van der Waals surface area contributed by atoms with Crippen molar-refractivity contribution in [3.8, 4) is 6.07 Å². The van der Waals surface area contributed by atoms with Crippen LogP contribution < -0.4 is 4.72 Å². The molecule has 0 saturated carbocycles. The van der Waals surface area contributed by atoms with Crippen molar-refractivity contribution in [1.29, 1.82) is 5.26 Å². The molecule has 1 aromatic heterocycles. The van der Waals surface area contributed by atoms with E-state index in [1.807, 2.05) is 18.2 Å². The minimum atomic E-state index is -3.46. The van der Waals surface area contributed by atoms with Gasteiger partial charge >= 0.3 is 0 Å². The third-order valence-electron chi connectivity index (χ3n) is 2.94. The van der Waals surface area contributed by atoms with Crippen molar-refractivity contribution in [3.63, 3.8) is 0 Å². The van der Waals surface area contributed by atoms with Gasteiger partial charge in [0.25, 0.3) is 0 Å². The molecule has 0 aliphatic heterocycles. The molecule has 0 fully saturated rings. The van der Waals surface area contributed by atoms with Crippen LogP contribution in [0.2, 0.25) is 0 Å². The second-order valence-corrected chi connectivity index (χ2v) is 6.34. The van der Waals surface area contributed by atoms with E-state index in [2.05, 4.69) is 9.71 Å². The average Bonchev–Trinajstić information content (AvgIpc) is 2.48. The number of nitrogens with zero attached hydrogens (tertiary/aromatic N) is 2. The van der Waals surface area contributed by atoms with Crippen LogP contribution in [-0.4, -0.2) is 19.9 Å². The fourth-order valence-corrected chi connectivity index (χ4v) is 3.08. The molecule has 0 aliphatic rings. The lowest BCUT2D eigenvalue weighted by molar-refractivity contribution is 0.580. The molecule has 5 nitrogen and oxygen atoms in total. The zero-order valence-electron chi connectivity index (χ0n) is 11.4. The van der Waals surface area contributed by atoms with Crippen LogP contribution in [0.1, 0.15) is 16.7 Å². The van der Waals surface area contributed by atoms with Crippen LogP contribution in [0.3, 0.4) is 0 Å². The highest BCUT2D eigenvalue weighted by molar-refractivity contribution is 7.88. The van der Waals surface area contributed by atoms with Crippen LogP contribution in [-0.2, 0) is 22.2 Å². The Balaban J connectivity index is 1.95. The summed E-state index contributed by atoms with van der Waals surface area (Å²) in [5, 5.41) is 8.97. The van der Waals surface area contributed by atoms with E-state index in [4.69, 9.17) is 5.26 Å². The second-order valence-electron chi connectivity index (χ2n) is 4.53. The molecule has 0 atom stereocenters. The summed E-state index contributed by atoms with van der Waals surface area (Å²) in [6, 6.07) is 12.4. The number of hydrogen-bond donors (Lipinski definition) is 1. The van der Waals surface area contributed by atoms with E-state index in [9.17, 15) is 8.42 Å². The molecule has 1 heterocycles. The number of rotatable bonds is 6. The summed E-state index contributed by atoms with van der Waals surface area (Å²) in [6.45, 7) is 0.308. The lowest BCUT2D eigenvalue weighted by Crippen LogP contribution is -2.27. The van der Waals surface area contributed by atoms with Crippen molar-refractivity contribution in [2.45, 2.75) is 12.2 Å². The predicted octanol–water partition coefficient (Wildman–Crippen LogP) is 1.62. The number of hydrogen-bond acceptors (Lipinski definition) is 4. The third-order valence-corrected chi connectivity index (χ3v) is 4.28. The largest absolute Gasteiger partial charge is 0.264 e. The Morgan fingerprint density at radius 2 is 2.00 bits per heavy atom. The van der Waals surface area contributed by atoms with Gasteiger partial charge in [-0.05, 0) is 29.7 Å². The van der Waals surface area contributed by atoms with Crippen molar-refractivity contribution in [2.24, 2.45) is 0 Å². The average molecular weight is 301 g/mol. The molecule has 1 N–H and O–H groups in total. The van der Waals surface area contributed by atoms with Crippen LogP contribution in [0.25, 0.3) is 0 Å². The van der Waals surface area contributed by atoms with Gasteiger partial charge in [0.05, 0.1) is 17.4 Å². The monoisotopic (exact) mass is 301 g/mol. The van der Waals surface area contributed by atoms with Gasteiger partial charge < -0.3 is 0 Å². The van der Waals surface area contributed by atoms with Crippen LogP contribution in [0.4, 0.5) is 0 Å². The number of sulfonamides is 1. The van der Waals surface area contributed by atoms with E-state index in [-0.39, 0.29) is 5.75 Å². The first-order valence-corrected chi connectivity index (χ1v) is 8.10. The van der Waals surface area contributed by atoms with Gasteiger partial charge in [-0.2, -0.15) is 5.26 Å². The molecule has 0 saturated heterocycles. The highest BCUT2D eigenvalue weighted by Crippen LogP contribution is 2.10. The Hall–Kier alpha value is -2.23. The first kappa shape index (κ1) is 15.2. The number of nitrogens with one attached hydrogen (secondary N) is 1. The molecule has 6 heteroatoms. The number of pyridine rings is 1. The molecule has 21 heavy (non-hydrogen) atoms. The quantitative estimate of drug-likeness (QED) is 0.878. The van der Waals surface area contributed by atoms with E-state index < -0.39 is 10.0 Å². The van der Waals surface area contributed by atoms with Crippen molar-refractivity contribution < 1.29 is 8.42 Å². The lowest BCUT2D eigenvalue weighted by Gasteiger charge is -2.08. The molecule has 0 bridgehead atoms. The lowest BCUT2D eigenvalue weighted by atomic mass is 10.1. The molecule has 0 spiro atoms. The van der Waals surface area contributed by atoms with Gasteiger partial charge in [0.2, 0.25) is 10.0 Å². The zero-order valence-corrected chi connectivity index (χ0v) is 12.2. The smallest absolute Gasteiger partial charge is 0.215 e. The molecule has 0 aliphatic carbocycles. The molecule has 2 rings (SSSR count). The van der Waals surface area contributed by atoms with Crippen LogP contribution in [0.15, 0.2) is 48.8 Å². The van der Waals surface area contributed by atoms with Gasteiger partial charge in [0.1, 0.15) is 0 Å². The first-order valence-electron chi connectivity index (χ1n) is 6.45. The predicted molar refractivity (Wildman–Crippen MR) is 79.7 cm³/mol. The maximum absolute atomic E-state index is 12.0. The van der Waals surface area contributed by atoms with Crippen LogP contribution >= 0.6 is 0 Å². The van der Waals surface area contributed by atoms with Crippen molar-refractivity contribution in [3.05, 3.63) is 65.5 Å². The second kappa shape index (κ2) is 6.97. The Bertz CT molecular complexity index is 737. The molecule has 0 unspecified atom stereocenters. The van der Waals surface area contributed by atoms with E-state index in [0.29, 0.717) is 24.1 Å². The van der Waals surface area contributed by atoms with Crippen LogP contribution in [0, 0.1) is 11.3 Å². The van der Waals surface area contributed by atoms with Crippen LogP contribution in [0.5, 0.6) is 0 Å². The standard InChI is InChI=1S/C15H15N3O2S/c16-10-14-5-1-2-6-15(14)12-21(19,20)18-9-7-13-4-3-8-17-11-13/h1-6,8,11,18H,7,9,12H2. The first-order chi connectivity index (χ1) is 10.1. The highest BCUT2D eigenvalue weighted by Gasteiger charge is 2.13. The van der Waals surface area contributed by atoms with Crippen molar-refractivity contribution >= 4 is 10.0 Å². The molecule has 0 radical (unpaired) electrons.